The van der Waals surface area contributed by atoms with E-state index in [1.54, 1.807) is 6.07 Å². The van der Waals surface area contributed by atoms with Crippen LogP contribution < -0.4 is 15.8 Å². The van der Waals surface area contributed by atoms with Crippen LogP contribution in [-0.2, 0) is 4.74 Å². The van der Waals surface area contributed by atoms with Gasteiger partial charge in [-0.3, -0.25) is 5.43 Å². The fourth-order valence-corrected chi connectivity index (χ4v) is 4.97. The maximum Gasteiger partial charge on any atom is 0.199 e. The smallest absolute Gasteiger partial charge is 0.199 e. The van der Waals surface area contributed by atoms with Crippen molar-refractivity contribution in [3.05, 3.63) is 18.1 Å². The van der Waals surface area contributed by atoms with E-state index < -0.39 is 11.8 Å². The van der Waals surface area contributed by atoms with E-state index in [0.717, 1.165) is 24.4 Å². The van der Waals surface area contributed by atoms with Crippen molar-refractivity contribution in [3.8, 4) is 6.07 Å². The monoisotopic (exact) mass is 418 g/mol. The highest BCUT2D eigenvalue weighted by Gasteiger charge is 2.50. The van der Waals surface area contributed by atoms with Gasteiger partial charge in [0.2, 0.25) is 0 Å². The fraction of sp³-hybridized carbons (Fsp3) is 0.762. The van der Waals surface area contributed by atoms with Crippen LogP contribution in [0.25, 0.3) is 0 Å². The number of rotatable bonds is 4. The maximum absolute atomic E-state index is 14.7. The van der Waals surface area contributed by atoms with Gasteiger partial charge in [0.1, 0.15) is 24.4 Å². The molecule has 4 fully saturated rings. The molecule has 1 aromatic rings. The lowest BCUT2D eigenvalue weighted by Gasteiger charge is -2.37. The third kappa shape index (κ3) is 3.77. The van der Waals surface area contributed by atoms with Gasteiger partial charge in [-0.1, -0.05) is 0 Å². The number of hydrogen-bond acceptors (Lipinski definition) is 7. The molecule has 3 heterocycles. The van der Waals surface area contributed by atoms with Gasteiger partial charge in [0.15, 0.2) is 5.67 Å². The van der Waals surface area contributed by atoms with Crippen molar-refractivity contribution in [2.24, 2.45) is 5.92 Å². The Morgan fingerprint density at radius 2 is 1.97 bits per heavy atom. The number of piperidine rings is 1. The zero-order valence-corrected chi connectivity index (χ0v) is 17.2. The molecule has 0 spiro atoms. The second-order valence-corrected chi connectivity index (χ2v) is 9.50. The number of nitrogens with one attached hydrogen (secondary N) is 2. The van der Waals surface area contributed by atoms with E-state index in [0.29, 0.717) is 25.9 Å². The van der Waals surface area contributed by atoms with Gasteiger partial charge in [0, 0.05) is 44.0 Å². The van der Waals surface area contributed by atoms with E-state index in [-0.39, 0.29) is 42.5 Å². The first-order valence-corrected chi connectivity index (χ1v) is 10.9. The molecule has 5 atom stereocenters. The second-order valence-electron chi connectivity index (χ2n) is 9.50. The van der Waals surface area contributed by atoms with Gasteiger partial charge in [-0.05, 0) is 32.6 Å². The topological polar surface area (TPSA) is 86.1 Å². The number of nitrogens with zero attached hydrogens (tertiary/aromatic N) is 4. The molecule has 0 amide bonds. The number of alkyl halides is 2. The summed E-state index contributed by atoms with van der Waals surface area (Å²) in [6.07, 6.45) is 3.60. The molecule has 4 aliphatic rings. The Kier molecular flexibility index (Phi) is 4.92. The van der Waals surface area contributed by atoms with Crippen molar-refractivity contribution in [3.63, 3.8) is 0 Å². The third-order valence-corrected chi connectivity index (χ3v) is 7.22. The summed E-state index contributed by atoms with van der Waals surface area (Å²) in [7, 11) is 0. The Balaban J connectivity index is 1.30. The minimum Gasteiger partial charge on any atom is -0.369 e. The Morgan fingerprint density at radius 3 is 2.67 bits per heavy atom. The quantitative estimate of drug-likeness (QED) is 0.777. The number of hydrogen-bond donors (Lipinski definition) is 2. The summed E-state index contributed by atoms with van der Waals surface area (Å²) in [6.45, 7) is 2.95. The van der Waals surface area contributed by atoms with Crippen molar-refractivity contribution in [2.45, 2.75) is 81.1 Å². The number of nitriles is 1. The van der Waals surface area contributed by atoms with Gasteiger partial charge in [-0.2, -0.15) is 5.26 Å². The standard InChI is InChI=1S/C21H28F2N6O/c1-20(2-3-20)30-17-8-13-15(9-14(17)22)27-28-19(13)16-10-18(26-12-25-16)29-6-4-21(23,11-24)5-7-29/h10,12-15,17,19,27-28H,2-9H2,1H3. The predicted molar refractivity (Wildman–Crippen MR) is 106 cm³/mol. The summed E-state index contributed by atoms with van der Waals surface area (Å²) in [5, 5.41) is 9.00. The van der Waals surface area contributed by atoms with Crippen molar-refractivity contribution < 1.29 is 13.5 Å². The van der Waals surface area contributed by atoms with Crippen molar-refractivity contribution >= 4 is 5.82 Å². The van der Waals surface area contributed by atoms with Crippen molar-refractivity contribution in [1.82, 2.24) is 20.8 Å². The highest BCUT2D eigenvalue weighted by molar-refractivity contribution is 5.41. The molecule has 0 radical (unpaired) electrons. The van der Waals surface area contributed by atoms with Crippen LogP contribution in [0.4, 0.5) is 14.6 Å². The number of fused-ring (bicyclic) bond motifs is 1. The van der Waals surface area contributed by atoms with Crippen LogP contribution in [-0.4, -0.2) is 52.6 Å². The molecular formula is C21H28F2N6O. The van der Waals surface area contributed by atoms with Crippen LogP contribution in [0, 0.1) is 17.2 Å². The SMILES string of the molecule is CC1(OC2CC3C(CC2F)NNC3c2cc(N3CCC(F)(C#N)CC3)ncn2)CC1. The van der Waals surface area contributed by atoms with E-state index in [9.17, 15) is 8.78 Å². The van der Waals surface area contributed by atoms with Crippen LogP contribution in [0.1, 0.15) is 57.2 Å². The highest BCUT2D eigenvalue weighted by atomic mass is 19.1. The molecule has 0 aromatic carbocycles. The molecule has 0 bridgehead atoms. The lowest BCUT2D eigenvalue weighted by Crippen LogP contribution is -2.45. The zero-order chi connectivity index (χ0) is 20.9. The molecule has 9 heteroatoms. The van der Waals surface area contributed by atoms with Crippen molar-refractivity contribution in [1.29, 1.82) is 5.26 Å². The Morgan fingerprint density at radius 1 is 1.20 bits per heavy atom. The fourth-order valence-electron chi connectivity index (χ4n) is 4.97. The summed E-state index contributed by atoms with van der Waals surface area (Å²) in [4.78, 5) is 10.9. The third-order valence-electron chi connectivity index (χ3n) is 7.22. The second kappa shape index (κ2) is 7.36. The predicted octanol–water partition coefficient (Wildman–Crippen LogP) is 2.51. The van der Waals surface area contributed by atoms with Gasteiger partial charge < -0.3 is 9.64 Å². The number of halogens is 2. The molecule has 2 N–H and O–H groups in total. The van der Waals surface area contributed by atoms with E-state index in [2.05, 4.69) is 27.7 Å². The summed E-state index contributed by atoms with van der Waals surface area (Å²) < 4.78 is 35.0. The van der Waals surface area contributed by atoms with E-state index in [1.165, 1.54) is 6.33 Å². The number of anilines is 1. The van der Waals surface area contributed by atoms with Gasteiger partial charge in [0.05, 0.1) is 23.4 Å². The van der Waals surface area contributed by atoms with E-state index in [4.69, 9.17) is 10.00 Å². The summed E-state index contributed by atoms with van der Waals surface area (Å²) in [6, 6.07) is 3.68. The van der Waals surface area contributed by atoms with E-state index in [1.807, 2.05) is 11.0 Å². The van der Waals surface area contributed by atoms with Gasteiger partial charge in [-0.15, -0.1) is 0 Å². The molecule has 1 aromatic heterocycles. The molecule has 2 saturated carbocycles. The molecule has 7 nitrogen and oxygen atoms in total. The minimum atomic E-state index is -1.74. The Hall–Kier alpha value is -1.89. The molecule has 2 aliphatic carbocycles. The molecule has 30 heavy (non-hydrogen) atoms. The maximum atomic E-state index is 14.7. The van der Waals surface area contributed by atoms with Gasteiger partial charge in [0.25, 0.3) is 0 Å². The molecule has 5 rings (SSSR count). The van der Waals surface area contributed by atoms with Crippen LogP contribution in [0.5, 0.6) is 0 Å². The van der Waals surface area contributed by atoms with E-state index >= 15 is 0 Å². The van der Waals surface area contributed by atoms with Crippen molar-refractivity contribution in [2.75, 3.05) is 18.0 Å². The molecular weight excluding hydrogens is 390 g/mol. The Labute approximate surface area is 175 Å². The summed E-state index contributed by atoms with van der Waals surface area (Å²) in [5.41, 5.74) is 5.50. The number of hydrazine groups is 1. The molecule has 5 unspecified atom stereocenters. The Bertz CT molecular complexity index is 835. The largest absolute Gasteiger partial charge is 0.369 e. The van der Waals surface area contributed by atoms with Gasteiger partial charge >= 0.3 is 0 Å². The van der Waals surface area contributed by atoms with Crippen LogP contribution >= 0.6 is 0 Å². The summed E-state index contributed by atoms with van der Waals surface area (Å²) >= 11 is 0. The van der Waals surface area contributed by atoms with Gasteiger partial charge in [-0.25, -0.2) is 24.2 Å². The lowest BCUT2D eigenvalue weighted by atomic mass is 9.78. The molecule has 162 valence electrons. The molecule has 2 saturated heterocycles. The van der Waals surface area contributed by atoms with Crippen LogP contribution in [0.2, 0.25) is 0 Å². The normalized spacial score (nSPS) is 36.7. The molecule has 2 aliphatic heterocycles. The number of aromatic nitrogens is 2. The summed E-state index contributed by atoms with van der Waals surface area (Å²) in [5.74, 6) is 0.910. The first-order chi connectivity index (χ1) is 14.4. The first-order valence-electron chi connectivity index (χ1n) is 10.9. The van der Waals surface area contributed by atoms with Crippen LogP contribution in [0.3, 0.4) is 0 Å². The number of ether oxygens (including phenoxy) is 1. The van der Waals surface area contributed by atoms with Crippen LogP contribution in [0.15, 0.2) is 12.4 Å². The highest BCUT2D eigenvalue weighted by Crippen LogP contribution is 2.45. The first kappa shape index (κ1) is 20.0. The average Bonchev–Trinajstić information content (AvgIpc) is 3.34. The average molecular weight is 418 g/mol. The zero-order valence-electron chi connectivity index (χ0n) is 17.2. The minimum absolute atomic E-state index is 0.0352. The lowest BCUT2D eigenvalue weighted by molar-refractivity contribution is -0.0886.